The van der Waals surface area contributed by atoms with E-state index in [9.17, 15) is 9.59 Å². The summed E-state index contributed by atoms with van der Waals surface area (Å²) in [6.07, 6.45) is 2.23. The van der Waals surface area contributed by atoms with Crippen LogP contribution in [-0.2, 0) is 9.59 Å². The molecule has 0 bridgehead atoms. The van der Waals surface area contributed by atoms with E-state index in [1.54, 1.807) is 42.5 Å². The molecular formula is C18H17Cl2N3O3. The third-order valence-corrected chi connectivity index (χ3v) is 3.69. The molecular weight excluding hydrogens is 377 g/mol. The lowest BCUT2D eigenvalue weighted by Crippen LogP contribution is -2.32. The highest BCUT2D eigenvalue weighted by Gasteiger charge is 2.12. The molecule has 136 valence electrons. The molecule has 0 aliphatic heterocycles. The Kier molecular flexibility index (Phi) is 7.44. The maximum absolute atomic E-state index is 11.9. The van der Waals surface area contributed by atoms with Crippen molar-refractivity contribution in [2.24, 2.45) is 5.10 Å². The highest BCUT2D eigenvalue weighted by Crippen LogP contribution is 2.19. The van der Waals surface area contributed by atoms with Gasteiger partial charge in [-0.15, -0.1) is 0 Å². The quantitative estimate of drug-likeness (QED) is 0.444. The first-order valence-corrected chi connectivity index (χ1v) is 8.57. The number of hydrazone groups is 1. The van der Waals surface area contributed by atoms with Crippen LogP contribution < -0.4 is 15.5 Å². The number of rotatable bonds is 6. The van der Waals surface area contributed by atoms with Crippen LogP contribution in [0, 0.1) is 0 Å². The number of benzene rings is 2. The van der Waals surface area contributed by atoms with Crippen LogP contribution in [-0.4, -0.2) is 24.6 Å². The molecule has 0 fully saturated rings. The highest BCUT2D eigenvalue weighted by molar-refractivity contribution is 6.39. The molecule has 26 heavy (non-hydrogen) atoms. The van der Waals surface area contributed by atoms with Gasteiger partial charge in [-0.05, 0) is 42.8 Å². The van der Waals surface area contributed by atoms with Gasteiger partial charge in [-0.2, -0.15) is 5.10 Å². The van der Waals surface area contributed by atoms with Crippen LogP contribution in [0.5, 0.6) is 5.75 Å². The fourth-order valence-corrected chi connectivity index (χ4v) is 2.32. The summed E-state index contributed by atoms with van der Waals surface area (Å²) in [5.41, 5.74) is 3.16. The molecule has 0 saturated carbocycles. The minimum Gasteiger partial charge on any atom is -0.494 e. The molecule has 0 aromatic heterocycles. The molecule has 0 saturated heterocycles. The molecule has 0 radical (unpaired) electrons. The van der Waals surface area contributed by atoms with Gasteiger partial charge < -0.3 is 10.1 Å². The number of amides is 2. The number of halogens is 2. The Labute approximate surface area is 161 Å². The van der Waals surface area contributed by atoms with E-state index < -0.39 is 11.8 Å². The third-order valence-electron chi connectivity index (χ3n) is 3.12. The van der Waals surface area contributed by atoms with Gasteiger partial charge in [0, 0.05) is 16.3 Å². The normalized spacial score (nSPS) is 10.6. The largest absolute Gasteiger partial charge is 0.494 e. The highest BCUT2D eigenvalue weighted by atomic mass is 35.5. The molecule has 8 heteroatoms. The van der Waals surface area contributed by atoms with E-state index in [1.807, 2.05) is 6.92 Å². The monoisotopic (exact) mass is 393 g/mol. The number of nitrogens with one attached hydrogen (secondary N) is 2. The summed E-state index contributed by atoms with van der Waals surface area (Å²) in [5.74, 6) is -1.05. The Morgan fingerprint density at radius 1 is 1.12 bits per heavy atom. The van der Waals surface area contributed by atoms with Gasteiger partial charge in [0.05, 0.1) is 17.8 Å². The Morgan fingerprint density at radius 2 is 1.85 bits per heavy atom. The zero-order valence-electron chi connectivity index (χ0n) is 14.0. The first-order valence-electron chi connectivity index (χ1n) is 7.82. The molecule has 2 aromatic carbocycles. The van der Waals surface area contributed by atoms with Gasteiger partial charge in [0.15, 0.2) is 0 Å². The Hall–Kier alpha value is -2.57. The summed E-state index contributed by atoms with van der Waals surface area (Å²) in [5, 5.41) is 7.05. The fourth-order valence-electron chi connectivity index (χ4n) is 1.86. The van der Waals surface area contributed by atoms with Crippen LogP contribution in [0.15, 0.2) is 47.6 Å². The number of nitrogens with zero attached hydrogens (tertiary/aromatic N) is 1. The van der Waals surface area contributed by atoms with E-state index in [-0.39, 0.29) is 0 Å². The zero-order chi connectivity index (χ0) is 18.9. The van der Waals surface area contributed by atoms with Gasteiger partial charge in [0.25, 0.3) is 0 Å². The lowest BCUT2D eigenvalue weighted by atomic mass is 10.2. The number of carbonyl (C=O) groups is 2. The molecule has 0 spiro atoms. The van der Waals surface area contributed by atoms with Crippen molar-refractivity contribution in [1.29, 1.82) is 0 Å². The summed E-state index contributed by atoms with van der Waals surface area (Å²) >= 11 is 11.8. The topological polar surface area (TPSA) is 79.8 Å². The van der Waals surface area contributed by atoms with E-state index in [1.165, 1.54) is 6.21 Å². The molecule has 0 heterocycles. The minimum atomic E-state index is -0.905. The van der Waals surface area contributed by atoms with Gasteiger partial charge in [-0.25, -0.2) is 5.43 Å². The summed E-state index contributed by atoms with van der Waals surface area (Å²) in [7, 11) is 0. The maximum Gasteiger partial charge on any atom is 0.329 e. The van der Waals surface area contributed by atoms with Crippen molar-refractivity contribution in [3.63, 3.8) is 0 Å². The van der Waals surface area contributed by atoms with Gasteiger partial charge >= 0.3 is 11.8 Å². The van der Waals surface area contributed by atoms with E-state index in [0.29, 0.717) is 33.7 Å². The summed E-state index contributed by atoms with van der Waals surface area (Å²) in [6, 6.07) is 11.5. The van der Waals surface area contributed by atoms with Gasteiger partial charge in [-0.3, -0.25) is 9.59 Å². The maximum atomic E-state index is 11.9. The predicted octanol–water partition coefficient (Wildman–Crippen LogP) is 3.87. The Balaban J connectivity index is 1.87. The number of hydrogen-bond acceptors (Lipinski definition) is 4. The van der Waals surface area contributed by atoms with Crippen molar-refractivity contribution in [2.45, 2.75) is 13.3 Å². The molecule has 0 aliphatic carbocycles. The van der Waals surface area contributed by atoms with Crippen LogP contribution >= 0.6 is 23.2 Å². The molecule has 2 amide bonds. The van der Waals surface area contributed by atoms with Crippen molar-refractivity contribution in [3.8, 4) is 5.75 Å². The third kappa shape index (κ3) is 6.06. The summed E-state index contributed by atoms with van der Waals surface area (Å²) in [4.78, 5) is 23.6. The van der Waals surface area contributed by atoms with Crippen LogP contribution in [0.1, 0.15) is 18.9 Å². The van der Waals surface area contributed by atoms with Gasteiger partial charge in [-0.1, -0.05) is 36.2 Å². The molecule has 2 aromatic rings. The van der Waals surface area contributed by atoms with Crippen molar-refractivity contribution < 1.29 is 14.3 Å². The predicted molar refractivity (Wildman–Crippen MR) is 103 cm³/mol. The lowest BCUT2D eigenvalue weighted by molar-refractivity contribution is -0.136. The first kappa shape index (κ1) is 19.8. The van der Waals surface area contributed by atoms with E-state index in [2.05, 4.69) is 15.8 Å². The van der Waals surface area contributed by atoms with E-state index in [0.717, 1.165) is 6.42 Å². The average Bonchev–Trinajstić information content (AvgIpc) is 2.62. The van der Waals surface area contributed by atoms with Crippen LogP contribution in [0.2, 0.25) is 10.0 Å². The molecule has 6 nitrogen and oxygen atoms in total. The number of hydrogen-bond donors (Lipinski definition) is 2. The first-order chi connectivity index (χ1) is 12.5. The number of carbonyl (C=O) groups excluding carboxylic acids is 2. The molecule has 2 N–H and O–H groups in total. The van der Waals surface area contributed by atoms with Gasteiger partial charge in [0.1, 0.15) is 5.75 Å². The molecule has 2 rings (SSSR count). The standard InChI is InChI=1S/C18H17Cl2N3O3/c1-2-9-26-15-7-5-14(6-8-15)22-17(24)18(25)23-21-11-12-3-4-13(19)10-16(12)20/h3-8,10-11H,2,9H2,1H3,(H,22,24)(H,23,25)/b21-11-. The fraction of sp³-hybridized carbons (Fsp3) is 0.167. The molecule has 0 aliphatic rings. The smallest absolute Gasteiger partial charge is 0.329 e. The average molecular weight is 394 g/mol. The second kappa shape index (κ2) is 9.79. The van der Waals surface area contributed by atoms with Gasteiger partial charge in [0.2, 0.25) is 0 Å². The SMILES string of the molecule is CCCOc1ccc(NC(=O)C(=O)N/N=C\c2ccc(Cl)cc2Cl)cc1. The van der Waals surface area contributed by atoms with Crippen LogP contribution in [0.25, 0.3) is 0 Å². The Bertz CT molecular complexity index is 808. The molecule has 0 unspecified atom stereocenters. The number of ether oxygens (including phenoxy) is 1. The van der Waals surface area contributed by atoms with E-state index in [4.69, 9.17) is 27.9 Å². The van der Waals surface area contributed by atoms with Crippen LogP contribution in [0.4, 0.5) is 5.69 Å². The molecule has 0 atom stereocenters. The second-order valence-corrected chi connectivity index (χ2v) is 6.04. The van der Waals surface area contributed by atoms with Crippen molar-refractivity contribution in [1.82, 2.24) is 5.43 Å². The van der Waals surface area contributed by atoms with Crippen LogP contribution in [0.3, 0.4) is 0 Å². The number of anilines is 1. The second-order valence-electron chi connectivity index (χ2n) is 5.19. The lowest BCUT2D eigenvalue weighted by Gasteiger charge is -2.07. The minimum absolute atomic E-state index is 0.380. The van der Waals surface area contributed by atoms with Crippen molar-refractivity contribution >= 4 is 46.9 Å². The van der Waals surface area contributed by atoms with Crippen molar-refractivity contribution in [3.05, 3.63) is 58.1 Å². The summed E-state index contributed by atoms with van der Waals surface area (Å²) < 4.78 is 5.44. The Morgan fingerprint density at radius 3 is 2.50 bits per heavy atom. The van der Waals surface area contributed by atoms with Crippen molar-refractivity contribution in [2.75, 3.05) is 11.9 Å². The van der Waals surface area contributed by atoms with E-state index >= 15 is 0 Å². The zero-order valence-corrected chi connectivity index (χ0v) is 15.5. The summed E-state index contributed by atoms with van der Waals surface area (Å²) in [6.45, 7) is 2.63.